The highest BCUT2D eigenvalue weighted by molar-refractivity contribution is 5.82. The summed E-state index contributed by atoms with van der Waals surface area (Å²) < 4.78 is 36.8. The van der Waals surface area contributed by atoms with Gasteiger partial charge in [-0.3, -0.25) is 9.69 Å². The van der Waals surface area contributed by atoms with Gasteiger partial charge in [0.1, 0.15) is 0 Å². The first-order valence-electron chi connectivity index (χ1n) is 6.84. The maximum absolute atomic E-state index is 12.3. The highest BCUT2D eigenvalue weighted by Gasteiger charge is 2.34. The van der Waals surface area contributed by atoms with Crippen molar-refractivity contribution < 1.29 is 18.0 Å². The van der Waals surface area contributed by atoms with Crippen LogP contribution in [0.1, 0.15) is 33.6 Å². The Morgan fingerprint density at radius 3 is 2.20 bits per heavy atom. The molecule has 3 N–H and O–H groups in total. The van der Waals surface area contributed by atoms with Crippen LogP contribution in [0.15, 0.2) is 0 Å². The van der Waals surface area contributed by atoms with Gasteiger partial charge in [-0.1, -0.05) is 20.8 Å². The molecule has 0 aromatic rings. The molecule has 4 nitrogen and oxygen atoms in total. The van der Waals surface area contributed by atoms with Crippen molar-refractivity contribution in [1.82, 2.24) is 10.2 Å². The summed E-state index contributed by atoms with van der Waals surface area (Å²) >= 11 is 0. The van der Waals surface area contributed by atoms with Crippen molar-refractivity contribution in [3.05, 3.63) is 0 Å². The molecule has 0 aromatic heterocycles. The Balaban J connectivity index is 2.38. The zero-order valence-electron chi connectivity index (χ0n) is 12.3. The fourth-order valence-corrected chi connectivity index (χ4v) is 2.17. The lowest BCUT2D eigenvalue weighted by atomic mass is 9.86. The molecule has 0 spiro atoms. The number of carbonyl (C=O) groups excluding carboxylic acids is 1. The van der Waals surface area contributed by atoms with E-state index in [4.69, 9.17) is 5.73 Å². The van der Waals surface area contributed by atoms with Crippen LogP contribution >= 0.6 is 0 Å². The van der Waals surface area contributed by atoms with Gasteiger partial charge in [0.15, 0.2) is 0 Å². The fraction of sp³-hybridized carbons (Fsp3) is 0.923. The number of nitrogens with zero attached hydrogens (tertiary/aromatic N) is 1. The average molecular weight is 295 g/mol. The summed E-state index contributed by atoms with van der Waals surface area (Å²) in [5.41, 5.74) is 5.52. The molecule has 0 unspecified atom stereocenters. The Hall–Kier alpha value is -0.820. The molecule has 0 aliphatic carbocycles. The van der Waals surface area contributed by atoms with Crippen molar-refractivity contribution in [2.24, 2.45) is 11.1 Å². The van der Waals surface area contributed by atoms with Crippen LogP contribution in [0.4, 0.5) is 13.2 Å². The van der Waals surface area contributed by atoms with Gasteiger partial charge in [0, 0.05) is 19.1 Å². The number of alkyl halides is 3. The Morgan fingerprint density at radius 1 is 1.30 bits per heavy atom. The molecule has 1 aliphatic rings. The molecular weight excluding hydrogens is 271 g/mol. The number of piperidine rings is 1. The summed E-state index contributed by atoms with van der Waals surface area (Å²) in [7, 11) is 0. The van der Waals surface area contributed by atoms with E-state index in [0.717, 1.165) is 0 Å². The lowest BCUT2D eigenvalue weighted by Crippen LogP contribution is -2.54. The molecule has 1 amide bonds. The Kier molecular flexibility index (Phi) is 5.43. The zero-order valence-corrected chi connectivity index (χ0v) is 12.3. The van der Waals surface area contributed by atoms with Crippen molar-refractivity contribution in [2.45, 2.75) is 51.9 Å². The molecule has 1 aliphatic heterocycles. The standard InChI is InChI=1S/C13H24F3N3O/c1-12(2,3)10(17)11(20)18-9-4-6-19(7-5-9)8-13(14,15)16/h9-10H,4-8,17H2,1-3H3,(H,18,20)/t10-/m1/s1. The largest absolute Gasteiger partial charge is 0.401 e. The Morgan fingerprint density at radius 2 is 1.80 bits per heavy atom. The topological polar surface area (TPSA) is 58.4 Å². The lowest BCUT2D eigenvalue weighted by molar-refractivity contribution is -0.148. The summed E-state index contributed by atoms with van der Waals surface area (Å²) in [6.07, 6.45) is -3.11. The second-order valence-corrected chi connectivity index (χ2v) is 6.52. The number of halogens is 3. The van der Waals surface area contributed by atoms with Crippen molar-refractivity contribution in [2.75, 3.05) is 19.6 Å². The van der Waals surface area contributed by atoms with E-state index in [2.05, 4.69) is 5.32 Å². The molecule has 0 bridgehead atoms. The summed E-state index contributed by atoms with van der Waals surface area (Å²) in [5, 5.41) is 2.84. The van der Waals surface area contributed by atoms with Gasteiger partial charge in [-0.25, -0.2) is 0 Å². The summed E-state index contributed by atoms with van der Waals surface area (Å²) in [4.78, 5) is 13.3. The molecule has 7 heteroatoms. The van der Waals surface area contributed by atoms with E-state index in [-0.39, 0.29) is 17.4 Å². The number of hydrogen-bond donors (Lipinski definition) is 2. The third-order valence-corrected chi connectivity index (χ3v) is 3.55. The minimum absolute atomic E-state index is 0.0830. The first-order valence-corrected chi connectivity index (χ1v) is 6.84. The van der Waals surface area contributed by atoms with Crippen LogP contribution in [0.5, 0.6) is 0 Å². The predicted molar refractivity (Wildman–Crippen MR) is 71.1 cm³/mol. The lowest BCUT2D eigenvalue weighted by Gasteiger charge is -2.34. The normalized spacial score (nSPS) is 20.8. The van der Waals surface area contributed by atoms with Gasteiger partial charge in [0.2, 0.25) is 5.91 Å². The van der Waals surface area contributed by atoms with Crippen LogP contribution < -0.4 is 11.1 Å². The van der Waals surface area contributed by atoms with Crippen molar-refractivity contribution in [1.29, 1.82) is 0 Å². The Labute approximate surface area is 117 Å². The number of amides is 1. The minimum Gasteiger partial charge on any atom is -0.352 e. The van der Waals surface area contributed by atoms with E-state index in [9.17, 15) is 18.0 Å². The molecule has 0 radical (unpaired) electrons. The first kappa shape index (κ1) is 17.2. The van der Waals surface area contributed by atoms with Crippen LogP contribution in [0, 0.1) is 5.41 Å². The minimum atomic E-state index is -4.16. The number of likely N-dealkylation sites (tertiary alicyclic amines) is 1. The maximum atomic E-state index is 12.3. The summed E-state index contributed by atoms with van der Waals surface area (Å²) in [6, 6.07) is -0.698. The molecular formula is C13H24F3N3O. The van der Waals surface area contributed by atoms with Crippen LogP contribution in [0.2, 0.25) is 0 Å². The third-order valence-electron chi connectivity index (χ3n) is 3.55. The van der Waals surface area contributed by atoms with Crippen LogP contribution in [0.25, 0.3) is 0 Å². The van der Waals surface area contributed by atoms with E-state index in [1.807, 2.05) is 20.8 Å². The quantitative estimate of drug-likeness (QED) is 0.829. The van der Waals surface area contributed by atoms with E-state index >= 15 is 0 Å². The van der Waals surface area contributed by atoms with Gasteiger partial charge < -0.3 is 11.1 Å². The molecule has 1 rings (SSSR count). The average Bonchev–Trinajstić information content (AvgIpc) is 2.27. The fourth-order valence-electron chi connectivity index (χ4n) is 2.17. The van der Waals surface area contributed by atoms with Crippen molar-refractivity contribution >= 4 is 5.91 Å². The van der Waals surface area contributed by atoms with E-state index < -0.39 is 18.8 Å². The van der Waals surface area contributed by atoms with Gasteiger partial charge in [-0.05, 0) is 18.3 Å². The number of hydrogen-bond acceptors (Lipinski definition) is 3. The number of nitrogens with two attached hydrogens (primary N) is 1. The molecule has 0 saturated carbocycles. The monoisotopic (exact) mass is 295 g/mol. The van der Waals surface area contributed by atoms with Crippen LogP contribution in [-0.4, -0.2) is 48.7 Å². The van der Waals surface area contributed by atoms with Crippen LogP contribution in [-0.2, 0) is 4.79 Å². The van der Waals surface area contributed by atoms with Gasteiger partial charge in [-0.15, -0.1) is 0 Å². The predicted octanol–water partition coefficient (Wildman–Crippen LogP) is 1.50. The maximum Gasteiger partial charge on any atom is 0.401 e. The number of rotatable bonds is 3. The number of nitrogens with one attached hydrogen (secondary N) is 1. The molecule has 20 heavy (non-hydrogen) atoms. The molecule has 1 saturated heterocycles. The number of carbonyl (C=O) groups is 1. The highest BCUT2D eigenvalue weighted by atomic mass is 19.4. The third kappa shape index (κ3) is 5.66. The van der Waals surface area contributed by atoms with E-state index in [0.29, 0.717) is 25.9 Å². The molecule has 1 heterocycles. The Bertz CT molecular complexity index is 331. The molecule has 1 atom stereocenters. The molecule has 1 fully saturated rings. The van der Waals surface area contributed by atoms with Crippen molar-refractivity contribution in [3.63, 3.8) is 0 Å². The van der Waals surface area contributed by atoms with Crippen molar-refractivity contribution in [3.8, 4) is 0 Å². The van der Waals surface area contributed by atoms with Gasteiger partial charge in [0.05, 0.1) is 12.6 Å². The summed E-state index contributed by atoms with van der Waals surface area (Å²) in [5.74, 6) is -0.230. The van der Waals surface area contributed by atoms with E-state index in [1.165, 1.54) is 4.90 Å². The SMILES string of the molecule is CC(C)(C)[C@H](N)C(=O)NC1CCN(CC(F)(F)F)CC1. The van der Waals surface area contributed by atoms with Gasteiger partial charge in [-0.2, -0.15) is 13.2 Å². The van der Waals surface area contributed by atoms with E-state index in [1.54, 1.807) is 0 Å². The summed E-state index contributed by atoms with van der Waals surface area (Å²) in [6.45, 7) is 5.44. The first-order chi connectivity index (χ1) is 8.99. The second kappa shape index (κ2) is 6.30. The second-order valence-electron chi connectivity index (χ2n) is 6.52. The van der Waals surface area contributed by atoms with Gasteiger partial charge in [0.25, 0.3) is 0 Å². The smallest absolute Gasteiger partial charge is 0.352 e. The molecule has 0 aromatic carbocycles. The highest BCUT2D eigenvalue weighted by Crippen LogP contribution is 2.21. The van der Waals surface area contributed by atoms with Gasteiger partial charge >= 0.3 is 6.18 Å². The molecule has 118 valence electrons. The van der Waals surface area contributed by atoms with Crippen LogP contribution in [0.3, 0.4) is 0 Å². The zero-order chi connectivity index (χ0) is 15.6.